The minimum atomic E-state index is 0.395. The third-order valence-electron chi connectivity index (χ3n) is 2.99. The van der Waals surface area contributed by atoms with Gasteiger partial charge in [0.2, 0.25) is 0 Å². The molecule has 84 valence electrons. The van der Waals surface area contributed by atoms with Crippen molar-refractivity contribution < 1.29 is 0 Å². The number of piperidine rings is 1. The maximum Gasteiger partial charge on any atom is 0.0945 e. The van der Waals surface area contributed by atoms with Gasteiger partial charge in [0.25, 0.3) is 0 Å². The summed E-state index contributed by atoms with van der Waals surface area (Å²) in [5.74, 6) is 0. The largest absolute Gasteiger partial charge is 0.337 e. The molecule has 2 rings (SSSR count). The lowest BCUT2D eigenvalue weighted by molar-refractivity contribution is 0.204. The number of imidazole rings is 1. The molecule has 4 nitrogen and oxygen atoms in total. The monoisotopic (exact) mass is 208 g/mol. The molecule has 15 heavy (non-hydrogen) atoms. The summed E-state index contributed by atoms with van der Waals surface area (Å²) in [7, 11) is 0. The molecule has 1 atom stereocenters. The molecule has 0 amide bonds. The molecule has 1 saturated heterocycles. The highest BCUT2D eigenvalue weighted by atomic mass is 15.1. The van der Waals surface area contributed by atoms with Crippen molar-refractivity contribution in [1.29, 1.82) is 0 Å². The van der Waals surface area contributed by atoms with Gasteiger partial charge in [0.05, 0.1) is 6.33 Å². The molecule has 4 heteroatoms. The fraction of sp³-hybridized carbons (Fsp3) is 0.727. The van der Waals surface area contributed by atoms with E-state index in [-0.39, 0.29) is 0 Å². The Morgan fingerprint density at radius 2 is 2.33 bits per heavy atom. The lowest BCUT2D eigenvalue weighted by atomic mass is 10.1. The van der Waals surface area contributed by atoms with Crippen LogP contribution < -0.4 is 5.73 Å². The van der Waals surface area contributed by atoms with E-state index in [4.69, 9.17) is 5.73 Å². The second-order valence-electron chi connectivity index (χ2n) is 4.36. The van der Waals surface area contributed by atoms with Crippen LogP contribution in [0.15, 0.2) is 18.7 Å². The normalized spacial score (nSPS) is 23.1. The van der Waals surface area contributed by atoms with E-state index < -0.39 is 0 Å². The average molecular weight is 208 g/mol. The fourth-order valence-electron chi connectivity index (χ4n) is 2.19. The van der Waals surface area contributed by atoms with Gasteiger partial charge >= 0.3 is 0 Å². The van der Waals surface area contributed by atoms with E-state index in [2.05, 4.69) is 14.5 Å². The molecule has 1 fully saturated rings. The Morgan fingerprint density at radius 1 is 1.40 bits per heavy atom. The summed E-state index contributed by atoms with van der Waals surface area (Å²) in [6.45, 7) is 4.51. The van der Waals surface area contributed by atoms with Crippen LogP contribution in [0.4, 0.5) is 0 Å². The average Bonchev–Trinajstić information content (AvgIpc) is 2.71. The van der Waals surface area contributed by atoms with Gasteiger partial charge in [0.15, 0.2) is 0 Å². The van der Waals surface area contributed by atoms with Crippen molar-refractivity contribution in [3.8, 4) is 0 Å². The summed E-state index contributed by atoms with van der Waals surface area (Å²) in [4.78, 5) is 6.51. The smallest absolute Gasteiger partial charge is 0.0945 e. The van der Waals surface area contributed by atoms with E-state index in [1.165, 1.54) is 25.8 Å². The zero-order valence-electron chi connectivity index (χ0n) is 9.18. The molecule has 0 saturated carbocycles. The van der Waals surface area contributed by atoms with Crippen molar-refractivity contribution in [2.24, 2.45) is 5.73 Å². The molecule has 1 aromatic rings. The molecule has 0 spiro atoms. The van der Waals surface area contributed by atoms with Gasteiger partial charge in [-0.3, -0.25) is 0 Å². The molecule has 1 unspecified atom stereocenters. The number of aromatic nitrogens is 2. The van der Waals surface area contributed by atoms with Gasteiger partial charge in [-0.15, -0.1) is 0 Å². The maximum absolute atomic E-state index is 5.93. The first-order valence-electron chi connectivity index (χ1n) is 5.78. The third-order valence-corrected chi connectivity index (χ3v) is 2.99. The van der Waals surface area contributed by atoms with E-state index >= 15 is 0 Å². The molecule has 0 bridgehead atoms. The molecule has 1 aliphatic rings. The highest BCUT2D eigenvalue weighted by Gasteiger charge is 2.15. The maximum atomic E-state index is 5.93. The summed E-state index contributed by atoms with van der Waals surface area (Å²) < 4.78 is 2.13. The molecule has 2 heterocycles. The molecule has 1 aliphatic heterocycles. The Morgan fingerprint density at radius 3 is 3.07 bits per heavy atom. The predicted molar refractivity (Wildman–Crippen MR) is 60.5 cm³/mol. The Balaban J connectivity index is 1.65. The number of aryl methyl sites for hydroxylation is 1. The molecule has 0 aromatic carbocycles. The van der Waals surface area contributed by atoms with Crippen molar-refractivity contribution in [3.63, 3.8) is 0 Å². The van der Waals surface area contributed by atoms with Gasteiger partial charge in [0.1, 0.15) is 0 Å². The Bertz CT molecular complexity index is 270. The summed E-state index contributed by atoms with van der Waals surface area (Å²) in [6.07, 6.45) is 9.36. The third kappa shape index (κ3) is 3.32. The Kier molecular flexibility index (Phi) is 3.75. The molecule has 1 aromatic heterocycles. The zero-order valence-corrected chi connectivity index (χ0v) is 9.18. The van der Waals surface area contributed by atoms with Crippen LogP contribution in [0.3, 0.4) is 0 Å². The highest BCUT2D eigenvalue weighted by molar-refractivity contribution is 4.76. The lowest BCUT2D eigenvalue weighted by Crippen LogP contribution is -2.43. The predicted octanol–water partition coefficient (Wildman–Crippen LogP) is 0.696. The quantitative estimate of drug-likeness (QED) is 0.792. The molecule has 2 N–H and O–H groups in total. The zero-order chi connectivity index (χ0) is 10.5. The van der Waals surface area contributed by atoms with E-state index in [0.717, 1.165) is 19.6 Å². The first-order chi connectivity index (χ1) is 7.34. The van der Waals surface area contributed by atoms with Crippen molar-refractivity contribution >= 4 is 0 Å². The number of nitrogens with zero attached hydrogens (tertiary/aromatic N) is 3. The molecular weight excluding hydrogens is 188 g/mol. The van der Waals surface area contributed by atoms with Crippen molar-refractivity contribution in [2.45, 2.75) is 31.8 Å². The van der Waals surface area contributed by atoms with Crippen LogP contribution in [0.2, 0.25) is 0 Å². The topological polar surface area (TPSA) is 47.1 Å². The number of rotatable bonds is 4. The Hall–Kier alpha value is -0.870. The summed E-state index contributed by atoms with van der Waals surface area (Å²) in [5.41, 5.74) is 5.93. The van der Waals surface area contributed by atoms with Crippen LogP contribution in [-0.4, -0.2) is 40.1 Å². The van der Waals surface area contributed by atoms with Gasteiger partial charge < -0.3 is 15.2 Å². The van der Waals surface area contributed by atoms with Crippen LogP contribution in [0, 0.1) is 0 Å². The van der Waals surface area contributed by atoms with Crippen LogP contribution in [-0.2, 0) is 6.54 Å². The van der Waals surface area contributed by atoms with E-state index in [0.29, 0.717) is 6.04 Å². The van der Waals surface area contributed by atoms with Crippen LogP contribution in [0.25, 0.3) is 0 Å². The Labute approximate surface area is 91.1 Å². The second kappa shape index (κ2) is 5.28. The number of hydrogen-bond donors (Lipinski definition) is 1. The van der Waals surface area contributed by atoms with Gasteiger partial charge in [-0.05, 0) is 32.4 Å². The van der Waals surface area contributed by atoms with Crippen molar-refractivity contribution in [3.05, 3.63) is 18.7 Å². The van der Waals surface area contributed by atoms with Gasteiger partial charge in [-0.2, -0.15) is 0 Å². The van der Waals surface area contributed by atoms with Crippen LogP contribution in [0.1, 0.15) is 19.3 Å². The SMILES string of the molecule is NC1CCCN(CCCn2ccnc2)C1. The van der Waals surface area contributed by atoms with Gasteiger partial charge in [0, 0.05) is 31.5 Å². The van der Waals surface area contributed by atoms with Crippen LogP contribution in [0.5, 0.6) is 0 Å². The summed E-state index contributed by atoms with van der Waals surface area (Å²) >= 11 is 0. The highest BCUT2D eigenvalue weighted by Crippen LogP contribution is 2.08. The first-order valence-corrected chi connectivity index (χ1v) is 5.78. The summed E-state index contributed by atoms with van der Waals surface area (Å²) in [5, 5.41) is 0. The fourth-order valence-corrected chi connectivity index (χ4v) is 2.19. The molecule has 0 aliphatic carbocycles. The number of hydrogen-bond acceptors (Lipinski definition) is 3. The van der Waals surface area contributed by atoms with Gasteiger partial charge in [-0.1, -0.05) is 0 Å². The second-order valence-corrected chi connectivity index (χ2v) is 4.36. The molecular formula is C11H20N4. The van der Waals surface area contributed by atoms with Gasteiger partial charge in [-0.25, -0.2) is 4.98 Å². The van der Waals surface area contributed by atoms with Crippen molar-refractivity contribution in [1.82, 2.24) is 14.5 Å². The number of nitrogens with two attached hydrogens (primary N) is 1. The standard InChI is InChI=1S/C11H20N4/c12-11-3-1-5-14(9-11)6-2-7-15-8-4-13-10-15/h4,8,10-11H,1-3,5-7,9,12H2. The minimum Gasteiger partial charge on any atom is -0.337 e. The lowest BCUT2D eigenvalue weighted by Gasteiger charge is -2.30. The van der Waals surface area contributed by atoms with E-state index in [1.54, 1.807) is 0 Å². The van der Waals surface area contributed by atoms with Crippen LogP contribution >= 0.6 is 0 Å². The number of likely N-dealkylation sites (tertiary alicyclic amines) is 1. The minimum absolute atomic E-state index is 0.395. The molecule has 0 radical (unpaired) electrons. The van der Waals surface area contributed by atoms with E-state index in [9.17, 15) is 0 Å². The van der Waals surface area contributed by atoms with Crippen molar-refractivity contribution in [2.75, 3.05) is 19.6 Å². The van der Waals surface area contributed by atoms with E-state index in [1.807, 2.05) is 18.7 Å². The summed E-state index contributed by atoms with van der Waals surface area (Å²) in [6, 6.07) is 0.395. The first kappa shape index (κ1) is 10.6.